The van der Waals surface area contributed by atoms with Crippen LogP contribution in [0.2, 0.25) is 0 Å². The Morgan fingerprint density at radius 2 is 0.800 bits per heavy atom. The van der Waals surface area contributed by atoms with Gasteiger partial charge in [-0.15, -0.1) is 0 Å². The van der Waals surface area contributed by atoms with Crippen LogP contribution in [-0.4, -0.2) is 47.3 Å². The van der Waals surface area contributed by atoms with Crippen molar-refractivity contribution < 1.29 is 28.6 Å². The monoisotopic (exact) mass is 429 g/mol. The summed E-state index contributed by atoms with van der Waals surface area (Å²) in [4.78, 5) is 36.7. The van der Waals surface area contributed by atoms with E-state index in [4.69, 9.17) is 14.2 Å². The van der Waals surface area contributed by atoms with Crippen LogP contribution in [0.15, 0.2) is 0 Å². The van der Waals surface area contributed by atoms with E-state index in [-0.39, 0.29) is 37.2 Å². The zero-order chi connectivity index (χ0) is 23.8. The number of hydrogen-bond acceptors (Lipinski definition) is 7. The fourth-order valence-electron chi connectivity index (χ4n) is 2.95. The van der Waals surface area contributed by atoms with Crippen LogP contribution in [0.5, 0.6) is 0 Å². The molecule has 0 amide bonds. The molecule has 0 aromatic carbocycles. The molecule has 176 valence electrons. The lowest BCUT2D eigenvalue weighted by Crippen LogP contribution is -2.45. The van der Waals surface area contributed by atoms with Crippen molar-refractivity contribution in [3.8, 4) is 0 Å². The average Bonchev–Trinajstić information content (AvgIpc) is 2.49. The van der Waals surface area contributed by atoms with Crippen molar-refractivity contribution >= 4 is 17.9 Å². The predicted octanol–water partition coefficient (Wildman–Crippen LogP) is 4.31. The second-order valence-electron chi connectivity index (χ2n) is 10.8. The maximum absolute atomic E-state index is 12.2. The van der Waals surface area contributed by atoms with Gasteiger partial charge in [0, 0.05) is 24.8 Å². The summed E-state index contributed by atoms with van der Waals surface area (Å²) >= 11 is 0. The summed E-state index contributed by atoms with van der Waals surface area (Å²) in [6.07, 6.45) is 1.85. The Morgan fingerprint density at radius 1 is 0.567 bits per heavy atom. The molecule has 7 nitrogen and oxygen atoms in total. The molecule has 0 spiro atoms. The zero-order valence-corrected chi connectivity index (χ0v) is 20.7. The highest BCUT2D eigenvalue weighted by Gasteiger charge is 2.32. The SMILES string of the molecule is CNC(CCC(=O)OC(C)(C)C)(CCC(=O)OC(C)(C)C)CCC(=O)OC(C)(C)C. The van der Waals surface area contributed by atoms with Crippen LogP contribution < -0.4 is 5.32 Å². The molecule has 0 unspecified atom stereocenters. The Morgan fingerprint density at radius 3 is 0.967 bits per heavy atom. The number of hydrogen-bond donors (Lipinski definition) is 1. The van der Waals surface area contributed by atoms with Gasteiger partial charge in [0.1, 0.15) is 16.8 Å². The number of carbonyl (C=O) groups is 3. The zero-order valence-electron chi connectivity index (χ0n) is 20.7. The maximum Gasteiger partial charge on any atom is 0.306 e. The third kappa shape index (κ3) is 14.4. The van der Waals surface area contributed by atoms with E-state index < -0.39 is 22.3 Å². The molecule has 7 heteroatoms. The normalized spacial score (nSPS) is 13.0. The summed E-state index contributed by atoms with van der Waals surface area (Å²) in [7, 11) is 1.78. The van der Waals surface area contributed by atoms with Gasteiger partial charge in [-0.05, 0) is 88.6 Å². The second-order valence-corrected chi connectivity index (χ2v) is 10.8. The first-order valence-electron chi connectivity index (χ1n) is 10.7. The fourth-order valence-corrected chi connectivity index (χ4v) is 2.95. The largest absolute Gasteiger partial charge is 0.460 e. The van der Waals surface area contributed by atoms with Gasteiger partial charge < -0.3 is 19.5 Å². The Labute approximate surface area is 182 Å². The van der Waals surface area contributed by atoms with Crippen molar-refractivity contribution in [1.29, 1.82) is 0 Å². The summed E-state index contributed by atoms with van der Waals surface area (Å²) < 4.78 is 16.2. The molecular weight excluding hydrogens is 386 g/mol. The minimum absolute atomic E-state index is 0.181. The first-order valence-corrected chi connectivity index (χ1v) is 10.7. The van der Waals surface area contributed by atoms with Crippen LogP contribution >= 0.6 is 0 Å². The molecule has 0 saturated heterocycles. The van der Waals surface area contributed by atoms with E-state index in [9.17, 15) is 14.4 Å². The first kappa shape index (κ1) is 28.4. The van der Waals surface area contributed by atoms with Crippen molar-refractivity contribution in [1.82, 2.24) is 5.32 Å². The Hall–Kier alpha value is -1.63. The van der Waals surface area contributed by atoms with Crippen LogP contribution in [0.4, 0.5) is 0 Å². The molecule has 0 aromatic rings. The molecule has 0 aliphatic carbocycles. The highest BCUT2D eigenvalue weighted by molar-refractivity contribution is 5.71. The predicted molar refractivity (Wildman–Crippen MR) is 117 cm³/mol. The molecule has 1 N–H and O–H groups in total. The second kappa shape index (κ2) is 11.1. The number of esters is 3. The van der Waals surface area contributed by atoms with E-state index in [1.54, 1.807) is 7.05 Å². The number of carbonyl (C=O) groups excluding carboxylic acids is 3. The van der Waals surface area contributed by atoms with Crippen molar-refractivity contribution in [2.24, 2.45) is 0 Å². The van der Waals surface area contributed by atoms with Gasteiger partial charge in [-0.3, -0.25) is 14.4 Å². The van der Waals surface area contributed by atoms with E-state index in [2.05, 4.69) is 5.32 Å². The van der Waals surface area contributed by atoms with Gasteiger partial charge in [0.25, 0.3) is 0 Å². The molecule has 0 aliphatic rings. The van der Waals surface area contributed by atoms with Gasteiger partial charge in [0.15, 0.2) is 0 Å². The van der Waals surface area contributed by atoms with Crippen LogP contribution in [0, 0.1) is 0 Å². The van der Waals surface area contributed by atoms with Gasteiger partial charge in [-0.2, -0.15) is 0 Å². The van der Waals surface area contributed by atoms with Crippen LogP contribution in [-0.2, 0) is 28.6 Å². The third-order valence-corrected chi connectivity index (χ3v) is 4.21. The van der Waals surface area contributed by atoms with Crippen LogP contribution in [0.25, 0.3) is 0 Å². The summed E-state index contributed by atoms with van der Waals surface area (Å²) in [5.41, 5.74) is -2.28. The van der Waals surface area contributed by atoms with Crippen molar-refractivity contribution in [2.45, 2.75) is 123 Å². The van der Waals surface area contributed by atoms with Crippen molar-refractivity contribution in [2.75, 3.05) is 7.05 Å². The van der Waals surface area contributed by atoms with E-state index in [1.165, 1.54) is 0 Å². The third-order valence-electron chi connectivity index (χ3n) is 4.21. The molecular formula is C23H43NO6. The topological polar surface area (TPSA) is 90.9 Å². The lowest BCUT2D eigenvalue weighted by Gasteiger charge is -2.34. The average molecular weight is 430 g/mol. The Balaban J connectivity index is 5.20. The molecule has 0 radical (unpaired) electrons. The molecule has 0 heterocycles. The van der Waals surface area contributed by atoms with Crippen molar-refractivity contribution in [3.05, 3.63) is 0 Å². The molecule has 0 aliphatic heterocycles. The lowest BCUT2D eigenvalue weighted by atomic mass is 9.83. The summed E-state index contributed by atoms with van der Waals surface area (Å²) in [5, 5.41) is 3.25. The molecule has 0 rings (SSSR count). The Bertz CT molecular complexity index is 499. The minimum Gasteiger partial charge on any atom is -0.460 e. The standard InChI is InChI=1S/C23H43NO6/c1-20(2,3)28-17(25)11-14-23(24-10,15-12-18(26)29-21(4,5)6)16-13-19(27)30-22(7,8)9/h24H,11-16H2,1-10H3. The number of nitrogens with one attached hydrogen (secondary N) is 1. The van der Waals surface area contributed by atoms with Crippen LogP contribution in [0.1, 0.15) is 101 Å². The first-order chi connectivity index (χ1) is 13.4. The number of rotatable bonds is 10. The molecule has 30 heavy (non-hydrogen) atoms. The summed E-state index contributed by atoms with van der Waals surface area (Å²) in [6, 6.07) is 0. The molecule has 0 atom stereocenters. The minimum atomic E-state index is -0.593. The highest BCUT2D eigenvalue weighted by atomic mass is 16.6. The fraction of sp³-hybridized carbons (Fsp3) is 0.870. The van der Waals surface area contributed by atoms with Crippen LogP contribution in [0.3, 0.4) is 0 Å². The van der Waals surface area contributed by atoms with Gasteiger partial charge in [-0.25, -0.2) is 0 Å². The highest BCUT2D eigenvalue weighted by Crippen LogP contribution is 2.27. The smallest absolute Gasteiger partial charge is 0.306 e. The van der Waals surface area contributed by atoms with Gasteiger partial charge in [-0.1, -0.05) is 0 Å². The van der Waals surface area contributed by atoms with Gasteiger partial charge in [0.2, 0.25) is 0 Å². The Kier molecular flexibility index (Phi) is 10.5. The van der Waals surface area contributed by atoms with Crippen molar-refractivity contribution in [3.63, 3.8) is 0 Å². The molecule has 0 aromatic heterocycles. The lowest BCUT2D eigenvalue weighted by molar-refractivity contribution is -0.155. The van der Waals surface area contributed by atoms with E-state index >= 15 is 0 Å². The van der Waals surface area contributed by atoms with E-state index in [0.717, 1.165) is 0 Å². The maximum atomic E-state index is 12.2. The summed E-state index contributed by atoms with van der Waals surface area (Å²) in [5.74, 6) is -0.926. The van der Waals surface area contributed by atoms with E-state index in [0.29, 0.717) is 19.3 Å². The number of ether oxygens (including phenoxy) is 3. The summed E-state index contributed by atoms with van der Waals surface area (Å²) in [6.45, 7) is 16.4. The molecule has 0 saturated carbocycles. The van der Waals surface area contributed by atoms with E-state index in [1.807, 2.05) is 62.3 Å². The molecule has 0 fully saturated rings. The van der Waals surface area contributed by atoms with Gasteiger partial charge in [0.05, 0.1) is 0 Å². The quantitative estimate of drug-likeness (QED) is 0.409. The molecule has 0 bridgehead atoms. The van der Waals surface area contributed by atoms with Gasteiger partial charge >= 0.3 is 17.9 Å².